The molecule has 1 aromatic heterocycles. The van der Waals surface area contributed by atoms with E-state index in [0.29, 0.717) is 11.7 Å². The van der Waals surface area contributed by atoms with Crippen molar-refractivity contribution in [1.82, 2.24) is 9.78 Å². The zero-order valence-electron chi connectivity index (χ0n) is 9.17. The molecule has 1 aromatic carbocycles. The van der Waals surface area contributed by atoms with Crippen molar-refractivity contribution < 1.29 is 0 Å². The molecule has 0 atom stereocenters. The predicted octanol–water partition coefficient (Wildman–Crippen LogP) is 3.86. The fraction of sp³-hybridized carbons (Fsp3) is 0.250. The Morgan fingerprint density at radius 3 is 2.44 bits per heavy atom. The molecule has 0 amide bonds. The van der Waals surface area contributed by atoms with Crippen molar-refractivity contribution in [1.29, 1.82) is 0 Å². The molecule has 0 aliphatic carbocycles. The number of hydrogen-bond acceptors (Lipinski definition) is 1. The lowest BCUT2D eigenvalue weighted by atomic mass is 10.2. The van der Waals surface area contributed by atoms with E-state index < -0.39 is 0 Å². The van der Waals surface area contributed by atoms with Crippen LogP contribution in [-0.4, -0.2) is 9.78 Å². The van der Waals surface area contributed by atoms with E-state index in [1.807, 2.05) is 38.1 Å². The number of aryl methyl sites for hydroxylation is 1. The summed E-state index contributed by atoms with van der Waals surface area (Å²) in [7, 11) is 0. The fourth-order valence-electron chi connectivity index (χ4n) is 1.54. The number of hydrogen-bond donors (Lipinski definition) is 0. The molecule has 0 radical (unpaired) electrons. The molecular formula is C12H12Cl2N2. The summed E-state index contributed by atoms with van der Waals surface area (Å²) in [6.07, 6.45) is 0. The second-order valence-electron chi connectivity index (χ2n) is 3.75. The van der Waals surface area contributed by atoms with Crippen LogP contribution >= 0.6 is 23.2 Å². The van der Waals surface area contributed by atoms with E-state index in [1.165, 1.54) is 0 Å². The summed E-state index contributed by atoms with van der Waals surface area (Å²) in [5.41, 5.74) is 3.00. The third kappa shape index (κ3) is 2.08. The Morgan fingerprint density at radius 2 is 1.88 bits per heavy atom. The molecule has 2 aromatic rings. The molecule has 0 aliphatic heterocycles. The highest BCUT2D eigenvalue weighted by atomic mass is 35.5. The molecule has 0 unspecified atom stereocenters. The van der Waals surface area contributed by atoms with E-state index in [0.717, 1.165) is 21.8 Å². The van der Waals surface area contributed by atoms with E-state index in [2.05, 4.69) is 5.10 Å². The highest BCUT2D eigenvalue weighted by molar-refractivity contribution is 6.31. The van der Waals surface area contributed by atoms with Gasteiger partial charge >= 0.3 is 0 Å². The van der Waals surface area contributed by atoms with Crippen molar-refractivity contribution in [2.45, 2.75) is 20.4 Å². The zero-order chi connectivity index (χ0) is 11.7. The maximum Gasteiger partial charge on any atom is 0.130 e. The van der Waals surface area contributed by atoms with Gasteiger partial charge < -0.3 is 0 Å². The van der Waals surface area contributed by atoms with Crippen molar-refractivity contribution >= 4 is 23.2 Å². The predicted molar refractivity (Wildman–Crippen MR) is 67.3 cm³/mol. The Balaban J connectivity index is 2.34. The zero-order valence-corrected chi connectivity index (χ0v) is 10.7. The van der Waals surface area contributed by atoms with Gasteiger partial charge in [0.2, 0.25) is 0 Å². The van der Waals surface area contributed by atoms with Crippen molar-refractivity contribution in [3.8, 4) is 0 Å². The van der Waals surface area contributed by atoms with Crippen LogP contribution in [0.5, 0.6) is 0 Å². The van der Waals surface area contributed by atoms with Crippen LogP contribution in [0.4, 0.5) is 0 Å². The van der Waals surface area contributed by atoms with Gasteiger partial charge in [0.15, 0.2) is 0 Å². The molecule has 0 bridgehead atoms. The van der Waals surface area contributed by atoms with Crippen molar-refractivity contribution in [2.24, 2.45) is 0 Å². The van der Waals surface area contributed by atoms with E-state index in [4.69, 9.17) is 23.2 Å². The lowest BCUT2D eigenvalue weighted by molar-refractivity contribution is 0.680. The number of nitrogens with zero attached hydrogens (tertiary/aromatic N) is 2. The molecular weight excluding hydrogens is 243 g/mol. The van der Waals surface area contributed by atoms with Crippen LogP contribution < -0.4 is 0 Å². The van der Waals surface area contributed by atoms with Gasteiger partial charge in [-0.05, 0) is 25.5 Å². The monoisotopic (exact) mass is 254 g/mol. The molecule has 0 fully saturated rings. The molecule has 84 valence electrons. The number of halogens is 2. The van der Waals surface area contributed by atoms with E-state index >= 15 is 0 Å². The first kappa shape index (κ1) is 11.5. The standard InChI is InChI=1S/C12H12Cl2N2/c1-8-9(2)15-16(12(8)14)7-10-5-3-4-6-11(10)13/h3-6H,7H2,1-2H3. The molecule has 1 heterocycles. The lowest BCUT2D eigenvalue weighted by Crippen LogP contribution is -2.02. The molecule has 0 aliphatic rings. The minimum atomic E-state index is 0.604. The average molecular weight is 255 g/mol. The van der Waals surface area contributed by atoms with Crippen LogP contribution in [0.3, 0.4) is 0 Å². The van der Waals surface area contributed by atoms with Gasteiger partial charge in [-0.15, -0.1) is 0 Å². The minimum absolute atomic E-state index is 0.604. The summed E-state index contributed by atoms with van der Waals surface area (Å²) >= 11 is 12.3. The smallest absolute Gasteiger partial charge is 0.130 e. The van der Waals surface area contributed by atoms with Gasteiger partial charge in [-0.25, -0.2) is 4.68 Å². The Hall–Kier alpha value is -0.990. The number of benzene rings is 1. The molecule has 4 heteroatoms. The quantitative estimate of drug-likeness (QED) is 0.796. The molecule has 0 saturated heterocycles. The molecule has 0 saturated carbocycles. The van der Waals surface area contributed by atoms with Gasteiger partial charge in [0.1, 0.15) is 5.15 Å². The van der Waals surface area contributed by atoms with Gasteiger partial charge in [0.25, 0.3) is 0 Å². The first-order valence-corrected chi connectivity index (χ1v) is 5.78. The lowest BCUT2D eigenvalue weighted by Gasteiger charge is -2.05. The van der Waals surface area contributed by atoms with Gasteiger partial charge in [-0.1, -0.05) is 41.4 Å². The van der Waals surface area contributed by atoms with Crippen LogP contribution in [0.25, 0.3) is 0 Å². The van der Waals surface area contributed by atoms with E-state index in [-0.39, 0.29) is 0 Å². The van der Waals surface area contributed by atoms with Crippen LogP contribution in [0.2, 0.25) is 10.2 Å². The first-order valence-electron chi connectivity index (χ1n) is 5.02. The van der Waals surface area contributed by atoms with Crippen molar-refractivity contribution in [3.63, 3.8) is 0 Å². The summed E-state index contributed by atoms with van der Waals surface area (Å²) in [5, 5.41) is 5.79. The largest absolute Gasteiger partial charge is 0.249 e. The maximum atomic E-state index is 6.17. The highest BCUT2D eigenvalue weighted by Crippen LogP contribution is 2.22. The normalized spacial score (nSPS) is 10.8. The minimum Gasteiger partial charge on any atom is -0.249 e. The molecule has 2 rings (SSSR count). The SMILES string of the molecule is Cc1nn(Cc2ccccc2Cl)c(Cl)c1C. The summed E-state index contributed by atoms with van der Waals surface area (Å²) in [5.74, 6) is 0. The fourth-order valence-corrected chi connectivity index (χ4v) is 1.97. The topological polar surface area (TPSA) is 17.8 Å². The van der Waals surface area contributed by atoms with Crippen molar-refractivity contribution in [2.75, 3.05) is 0 Å². The van der Waals surface area contributed by atoms with Crippen LogP contribution in [0, 0.1) is 13.8 Å². The third-order valence-electron chi connectivity index (χ3n) is 2.63. The highest BCUT2D eigenvalue weighted by Gasteiger charge is 2.10. The van der Waals surface area contributed by atoms with Crippen LogP contribution in [0.15, 0.2) is 24.3 Å². The molecule has 16 heavy (non-hydrogen) atoms. The number of aromatic nitrogens is 2. The van der Waals surface area contributed by atoms with Gasteiger partial charge in [0.05, 0.1) is 12.2 Å². The van der Waals surface area contributed by atoms with E-state index in [1.54, 1.807) is 4.68 Å². The summed E-state index contributed by atoms with van der Waals surface area (Å²) in [4.78, 5) is 0. The van der Waals surface area contributed by atoms with Crippen LogP contribution in [-0.2, 0) is 6.54 Å². The summed E-state index contributed by atoms with van der Waals surface area (Å²) < 4.78 is 1.77. The first-order chi connectivity index (χ1) is 7.59. The Morgan fingerprint density at radius 1 is 1.19 bits per heavy atom. The van der Waals surface area contributed by atoms with Gasteiger partial charge in [-0.2, -0.15) is 5.10 Å². The van der Waals surface area contributed by atoms with Gasteiger partial charge in [0, 0.05) is 10.6 Å². The summed E-state index contributed by atoms with van der Waals surface area (Å²) in [6, 6.07) is 7.71. The number of rotatable bonds is 2. The molecule has 0 N–H and O–H groups in total. The average Bonchev–Trinajstić information content (AvgIpc) is 2.50. The molecule has 0 spiro atoms. The van der Waals surface area contributed by atoms with E-state index in [9.17, 15) is 0 Å². The maximum absolute atomic E-state index is 6.17. The van der Waals surface area contributed by atoms with Gasteiger partial charge in [-0.3, -0.25) is 0 Å². The molecule has 2 nitrogen and oxygen atoms in total. The third-order valence-corrected chi connectivity index (χ3v) is 3.47. The van der Waals surface area contributed by atoms with Crippen LogP contribution in [0.1, 0.15) is 16.8 Å². The Bertz CT molecular complexity index is 518. The Kier molecular flexibility index (Phi) is 3.22. The summed E-state index contributed by atoms with van der Waals surface area (Å²) in [6.45, 7) is 4.52. The van der Waals surface area contributed by atoms with Crippen molar-refractivity contribution in [3.05, 3.63) is 51.3 Å². The second kappa shape index (κ2) is 4.48. The second-order valence-corrected chi connectivity index (χ2v) is 4.52. The Labute approximate surface area is 105 Å².